The van der Waals surface area contributed by atoms with Gasteiger partial charge in [-0.2, -0.15) is 0 Å². The monoisotopic (exact) mass is 904 g/mol. The Balaban J connectivity index is 1.11. The van der Waals surface area contributed by atoms with Gasteiger partial charge in [0, 0.05) is 101 Å². The van der Waals surface area contributed by atoms with E-state index < -0.39 is 5.54 Å². The van der Waals surface area contributed by atoms with Gasteiger partial charge in [0.05, 0.1) is 18.8 Å². The number of anilines is 3. The molecule has 1 aliphatic carbocycles. The van der Waals surface area contributed by atoms with Crippen molar-refractivity contribution in [3.8, 4) is 11.5 Å². The van der Waals surface area contributed by atoms with Crippen molar-refractivity contribution >= 4 is 34.4 Å². The predicted molar refractivity (Wildman–Crippen MR) is 280 cm³/mol. The number of para-hydroxylation sites is 2. The summed E-state index contributed by atoms with van der Waals surface area (Å²) in [5.41, 5.74) is 18.1. The Morgan fingerprint density at radius 3 is 1.81 bits per heavy atom. The van der Waals surface area contributed by atoms with Gasteiger partial charge in [0.15, 0.2) is 0 Å². The van der Waals surface area contributed by atoms with Crippen LogP contribution in [0.1, 0.15) is 110 Å². The second-order valence-corrected chi connectivity index (χ2v) is 20.3. The summed E-state index contributed by atoms with van der Waals surface area (Å²) in [4.78, 5) is 27.7. The zero-order valence-corrected chi connectivity index (χ0v) is 41.7. The molecule has 1 amide bonds. The molecule has 0 aromatic heterocycles. The van der Waals surface area contributed by atoms with Gasteiger partial charge in [0.25, 0.3) is 5.91 Å². The number of nitrogens with one attached hydrogen (secondary N) is 1. The van der Waals surface area contributed by atoms with Crippen molar-refractivity contribution in [2.75, 3.05) is 55.4 Å². The number of fused-ring (bicyclic) bond motifs is 8. The first-order valence-electron chi connectivity index (χ1n) is 24.7. The summed E-state index contributed by atoms with van der Waals surface area (Å²) < 4.78 is 6.94. The Bertz CT molecular complexity index is 2880. The van der Waals surface area contributed by atoms with Crippen LogP contribution in [0.4, 0.5) is 22.7 Å². The third-order valence-corrected chi connectivity index (χ3v) is 15.5. The van der Waals surface area contributed by atoms with E-state index in [-0.39, 0.29) is 16.7 Å². The average molecular weight is 904 g/mol. The minimum atomic E-state index is -0.929. The molecule has 5 aliphatic rings. The summed E-state index contributed by atoms with van der Waals surface area (Å²) in [6.07, 6.45) is 12.2. The topological polar surface area (TPSA) is 77.0 Å². The summed E-state index contributed by atoms with van der Waals surface area (Å²) in [5.74, 6) is 1.55. The van der Waals surface area contributed by atoms with E-state index in [9.17, 15) is 0 Å². The van der Waals surface area contributed by atoms with Crippen LogP contribution in [-0.2, 0) is 16.4 Å². The van der Waals surface area contributed by atoms with Crippen LogP contribution in [0.25, 0.3) is 0 Å². The molecule has 1 atom stereocenters. The van der Waals surface area contributed by atoms with E-state index in [0.29, 0.717) is 13.1 Å². The first kappa shape index (κ1) is 45.2. The van der Waals surface area contributed by atoms with Crippen molar-refractivity contribution in [1.29, 1.82) is 0 Å². The summed E-state index contributed by atoms with van der Waals surface area (Å²) in [6.45, 7) is 20.4. The summed E-state index contributed by atoms with van der Waals surface area (Å²) in [7, 11) is 4.37. The van der Waals surface area contributed by atoms with Crippen LogP contribution in [0.5, 0.6) is 11.5 Å². The van der Waals surface area contributed by atoms with Crippen LogP contribution in [-0.4, -0.2) is 56.8 Å². The van der Waals surface area contributed by atoms with Crippen molar-refractivity contribution < 1.29 is 14.8 Å². The number of aryl methyl sites for hydroxylation is 2. The molecule has 4 heterocycles. The highest BCUT2D eigenvalue weighted by molar-refractivity contribution is 6.13. The number of ether oxygens (including phenoxy) is 1. The number of amides is 1. The number of benzene rings is 5. The number of nitrogens with zero attached hydrogens (tertiary/aromatic N) is 4. The molecule has 1 fully saturated rings. The number of quaternary nitrogens is 1. The summed E-state index contributed by atoms with van der Waals surface area (Å²) in [6, 6.07) is 34.5. The number of hydrogen-bond acceptors (Lipinski definition) is 6. The molecule has 10 rings (SSSR count). The number of hydrogen-bond donors (Lipinski definition) is 2. The van der Waals surface area contributed by atoms with E-state index in [4.69, 9.17) is 9.73 Å². The standard InChI is InChI=1S/C60H66N6O2/c1-11-61-48-36-52-46(34-38(48)3)60(47-35-39(4)49(62-12-2)37-53(47)68-52)43-23-14-13-22-42(43)57(67)66(60)33-32-63-56-40(28-30-54-58(5,6)44-24-15-17-26-50(44)64(54)9)20-19-21-41(56)29-31-55-59(7,8)45-25-16-18-27-51(45)65(55)10/h13-18,22-31,34-37,61-62H,11-12,19-21,32-33H2,1-10H3/p+1/b40-28+,41-29?,54-30+,55-31?,63-56?. The van der Waals surface area contributed by atoms with E-state index >= 15 is 4.79 Å². The minimum absolute atomic E-state index is 0.0108. The Labute approximate surface area is 403 Å². The maximum Gasteiger partial charge on any atom is 0.255 e. The highest BCUT2D eigenvalue weighted by Crippen LogP contribution is 2.59. The molecular formula is C60H67N6O2+. The van der Waals surface area contributed by atoms with Crippen molar-refractivity contribution in [3.63, 3.8) is 0 Å². The van der Waals surface area contributed by atoms with Crippen LogP contribution in [0.2, 0.25) is 0 Å². The van der Waals surface area contributed by atoms with Crippen molar-refractivity contribution in [2.45, 2.75) is 91.0 Å². The fourth-order valence-electron chi connectivity index (χ4n) is 12.2. The molecule has 0 bridgehead atoms. The van der Waals surface area contributed by atoms with E-state index in [0.717, 1.165) is 94.3 Å². The summed E-state index contributed by atoms with van der Waals surface area (Å²) in [5, 5.41) is 5.81. The minimum Gasteiger partial charge on any atom is -0.456 e. The zero-order valence-electron chi connectivity index (χ0n) is 41.7. The Kier molecular flexibility index (Phi) is 11.4. The van der Waals surface area contributed by atoms with E-state index in [1.165, 1.54) is 45.0 Å². The number of carbonyl (C=O) groups excluding carboxylic acids is 1. The number of carbonyl (C=O) groups is 1. The normalized spacial score (nSPS) is 22.6. The van der Waals surface area contributed by atoms with Gasteiger partial charge in [-0.1, -0.05) is 94.4 Å². The molecule has 3 N–H and O–H groups in total. The maximum atomic E-state index is 15.2. The second kappa shape index (κ2) is 17.2. The van der Waals surface area contributed by atoms with Gasteiger partial charge in [-0.15, -0.1) is 0 Å². The number of likely N-dealkylation sites (N-methyl/N-ethyl adjacent to an activating group) is 2. The SMILES string of the molecule is CCNc1cc2c(cc1C)C1(c3cc(C)c([NH2+]CC)cc3O2)c2ccccc2C(=O)N1CCN=C1C(=CC=C2N(C)c3ccccc3C2(C)C)CCC/C1=C\C=C1\N(C)c2ccccc2C1(C)C. The first-order valence-corrected chi connectivity index (χ1v) is 24.7. The molecule has 5 aromatic rings. The molecule has 8 nitrogen and oxygen atoms in total. The van der Waals surface area contributed by atoms with Gasteiger partial charge in [0.1, 0.15) is 22.7 Å². The lowest BCUT2D eigenvalue weighted by Crippen LogP contribution is -2.77. The van der Waals surface area contributed by atoms with Crippen molar-refractivity contribution in [2.24, 2.45) is 4.99 Å². The molecule has 8 heteroatoms. The summed E-state index contributed by atoms with van der Waals surface area (Å²) >= 11 is 0. The molecule has 68 heavy (non-hydrogen) atoms. The smallest absolute Gasteiger partial charge is 0.255 e. The molecule has 1 saturated carbocycles. The average Bonchev–Trinajstić information content (AvgIpc) is 3.78. The van der Waals surface area contributed by atoms with E-state index in [2.05, 4.69) is 204 Å². The van der Waals surface area contributed by atoms with E-state index in [1.54, 1.807) is 0 Å². The van der Waals surface area contributed by atoms with Crippen LogP contribution in [0.3, 0.4) is 0 Å². The van der Waals surface area contributed by atoms with Gasteiger partial charge in [-0.3, -0.25) is 9.79 Å². The quantitative estimate of drug-likeness (QED) is 0.144. The maximum absolute atomic E-state index is 15.2. The van der Waals surface area contributed by atoms with Gasteiger partial charge in [-0.25, -0.2) is 0 Å². The van der Waals surface area contributed by atoms with Crippen LogP contribution >= 0.6 is 0 Å². The lowest BCUT2D eigenvalue weighted by atomic mass is 9.73. The van der Waals surface area contributed by atoms with Crippen LogP contribution < -0.4 is 25.2 Å². The van der Waals surface area contributed by atoms with Gasteiger partial charge < -0.3 is 30.1 Å². The third kappa shape index (κ3) is 6.97. The molecule has 1 unspecified atom stereocenters. The second-order valence-electron chi connectivity index (χ2n) is 20.3. The van der Waals surface area contributed by atoms with Gasteiger partial charge >= 0.3 is 0 Å². The molecule has 0 saturated heterocycles. The fraction of sp³-hybridized carbons (Fsp3) is 0.333. The first-order chi connectivity index (χ1) is 32.7. The van der Waals surface area contributed by atoms with Crippen LogP contribution in [0.15, 0.2) is 149 Å². The Morgan fingerprint density at radius 1 is 0.691 bits per heavy atom. The number of nitrogens with two attached hydrogens (primary N) is 1. The Morgan fingerprint density at radius 2 is 1.24 bits per heavy atom. The highest BCUT2D eigenvalue weighted by Gasteiger charge is 2.56. The van der Waals surface area contributed by atoms with Crippen LogP contribution in [0, 0.1) is 13.8 Å². The number of rotatable bonds is 9. The molecular weight excluding hydrogens is 837 g/mol. The zero-order chi connectivity index (χ0) is 47.7. The number of aliphatic imine (C=N–C) groups is 1. The fourth-order valence-corrected chi connectivity index (χ4v) is 12.2. The molecule has 4 aliphatic heterocycles. The third-order valence-electron chi connectivity index (χ3n) is 15.5. The highest BCUT2D eigenvalue weighted by atomic mass is 16.5. The largest absolute Gasteiger partial charge is 0.456 e. The molecule has 348 valence electrons. The van der Waals surface area contributed by atoms with E-state index in [1.807, 2.05) is 12.1 Å². The lowest BCUT2D eigenvalue weighted by Gasteiger charge is -2.44. The predicted octanol–water partition coefficient (Wildman–Crippen LogP) is 11.9. The Hall–Kier alpha value is -6.64. The molecule has 0 radical (unpaired) electrons. The number of allylic oxidation sites excluding steroid dienone is 8. The molecule has 1 spiro atoms. The van der Waals surface area contributed by atoms with Gasteiger partial charge in [-0.05, 0) is 123 Å². The van der Waals surface area contributed by atoms with Gasteiger partial charge in [0.2, 0.25) is 0 Å². The van der Waals surface area contributed by atoms with Crippen molar-refractivity contribution in [3.05, 3.63) is 188 Å². The van der Waals surface area contributed by atoms with Crippen molar-refractivity contribution in [1.82, 2.24) is 4.90 Å². The lowest BCUT2D eigenvalue weighted by molar-refractivity contribution is -0.568. The molecule has 5 aromatic carbocycles.